The third-order valence-electron chi connectivity index (χ3n) is 9.37. The summed E-state index contributed by atoms with van der Waals surface area (Å²) in [5, 5.41) is 24.7. The lowest BCUT2D eigenvalue weighted by Crippen LogP contribution is -2.44. The van der Waals surface area contributed by atoms with Crippen molar-refractivity contribution in [1.29, 1.82) is 0 Å². The van der Waals surface area contributed by atoms with E-state index in [2.05, 4.69) is 25.3 Å². The molecule has 39 heavy (non-hydrogen) atoms. The maximum absolute atomic E-state index is 16.6. The van der Waals surface area contributed by atoms with Gasteiger partial charge >= 0.3 is 0 Å². The monoisotopic (exact) mass is 545 g/mol. The summed E-state index contributed by atoms with van der Waals surface area (Å²) >= 11 is 6.56. The first-order valence-electron chi connectivity index (χ1n) is 13.9. The van der Waals surface area contributed by atoms with Gasteiger partial charge in [-0.25, -0.2) is 14.4 Å². The highest BCUT2D eigenvalue weighted by Crippen LogP contribution is 2.43. The Bertz CT molecular complexity index is 1640. The molecule has 4 aliphatic heterocycles. The Morgan fingerprint density at radius 3 is 2.72 bits per heavy atom. The van der Waals surface area contributed by atoms with Crippen molar-refractivity contribution >= 4 is 39.2 Å². The first-order valence-corrected chi connectivity index (χ1v) is 14.3. The van der Waals surface area contributed by atoms with Gasteiger partial charge in [-0.2, -0.15) is 0 Å². The molecule has 0 amide bonds. The van der Waals surface area contributed by atoms with Crippen LogP contribution in [0.15, 0.2) is 30.3 Å². The number of hydrogen-bond acceptors (Lipinski definition) is 8. The molecule has 2 aromatic carbocycles. The standard InChI is InChI=1S/C29H29ClFN7O/c30-21-5-1-4-16-10-19(39)12-20(23(16)21)25-24(31)26-27(36-35-25)28(38-15-17-11-18(38)14-32-17)34-22(33-26)13-29-6-2-8-37(29)9-3-7-29/h1,4-5,10,12,17-18,32,39H,2-3,6-9,11,13-15H2/t17-,18-/m0/s1. The molecule has 0 radical (unpaired) electrons. The van der Waals surface area contributed by atoms with Gasteiger partial charge in [0.05, 0.1) is 0 Å². The number of fused-ring (bicyclic) bond motifs is 5. The van der Waals surface area contributed by atoms with Crippen molar-refractivity contribution in [2.75, 3.05) is 31.1 Å². The van der Waals surface area contributed by atoms with E-state index in [0.29, 0.717) is 57.0 Å². The molecule has 6 heterocycles. The molecule has 2 aromatic heterocycles. The molecule has 4 aliphatic rings. The minimum Gasteiger partial charge on any atom is -0.508 e. The van der Waals surface area contributed by atoms with E-state index in [4.69, 9.17) is 21.6 Å². The number of hydrogen-bond donors (Lipinski definition) is 2. The molecular formula is C29H29ClFN7O. The van der Waals surface area contributed by atoms with Gasteiger partial charge in [-0.15, -0.1) is 10.2 Å². The fourth-order valence-corrected chi connectivity index (χ4v) is 7.91. The van der Waals surface area contributed by atoms with Gasteiger partial charge in [-0.1, -0.05) is 23.7 Å². The second-order valence-electron chi connectivity index (χ2n) is 11.6. The van der Waals surface area contributed by atoms with Gasteiger partial charge in [0.1, 0.15) is 22.8 Å². The van der Waals surface area contributed by atoms with Gasteiger partial charge in [0, 0.05) is 53.1 Å². The molecule has 4 saturated heterocycles. The van der Waals surface area contributed by atoms with Crippen LogP contribution in [-0.4, -0.2) is 74.0 Å². The highest BCUT2D eigenvalue weighted by molar-refractivity contribution is 6.36. The second-order valence-corrected chi connectivity index (χ2v) is 12.0. The third kappa shape index (κ3) is 3.63. The fourth-order valence-electron chi connectivity index (χ4n) is 7.62. The lowest BCUT2D eigenvalue weighted by molar-refractivity contribution is 0.192. The van der Waals surface area contributed by atoms with E-state index >= 15 is 4.39 Å². The van der Waals surface area contributed by atoms with Crippen LogP contribution in [0.3, 0.4) is 0 Å². The van der Waals surface area contributed by atoms with Crippen LogP contribution in [0.1, 0.15) is 37.9 Å². The van der Waals surface area contributed by atoms with Crippen molar-refractivity contribution < 1.29 is 9.50 Å². The number of nitrogens with zero attached hydrogens (tertiary/aromatic N) is 6. The van der Waals surface area contributed by atoms with Gasteiger partial charge in [-0.3, -0.25) is 4.90 Å². The smallest absolute Gasteiger partial charge is 0.179 e. The van der Waals surface area contributed by atoms with E-state index in [0.717, 1.165) is 45.4 Å². The molecule has 8 rings (SSSR count). The number of halogens is 2. The van der Waals surface area contributed by atoms with Crippen molar-refractivity contribution in [3.63, 3.8) is 0 Å². The number of phenolic OH excluding ortho intramolecular Hbond substituents is 1. The van der Waals surface area contributed by atoms with Crippen LogP contribution < -0.4 is 10.2 Å². The molecule has 10 heteroatoms. The summed E-state index contributed by atoms with van der Waals surface area (Å²) in [6, 6.07) is 9.19. The molecule has 0 saturated carbocycles. The summed E-state index contributed by atoms with van der Waals surface area (Å²) in [4.78, 5) is 14.8. The maximum atomic E-state index is 16.6. The zero-order valence-electron chi connectivity index (χ0n) is 21.5. The van der Waals surface area contributed by atoms with Gasteiger partial charge in [-0.05, 0) is 68.8 Å². The number of anilines is 1. The van der Waals surface area contributed by atoms with Crippen molar-refractivity contribution in [1.82, 2.24) is 30.4 Å². The molecule has 0 spiro atoms. The fraction of sp³-hybridized carbons (Fsp3) is 0.448. The Morgan fingerprint density at radius 2 is 1.95 bits per heavy atom. The van der Waals surface area contributed by atoms with Gasteiger partial charge in [0.2, 0.25) is 0 Å². The Morgan fingerprint density at radius 1 is 1.10 bits per heavy atom. The average molecular weight is 546 g/mol. The summed E-state index contributed by atoms with van der Waals surface area (Å²) in [7, 11) is 0. The van der Waals surface area contributed by atoms with Crippen LogP contribution in [0.2, 0.25) is 5.02 Å². The van der Waals surface area contributed by atoms with Crippen LogP contribution in [-0.2, 0) is 6.42 Å². The zero-order chi connectivity index (χ0) is 26.3. The van der Waals surface area contributed by atoms with Crippen molar-refractivity contribution in [2.24, 2.45) is 0 Å². The van der Waals surface area contributed by atoms with Gasteiger partial charge < -0.3 is 15.3 Å². The normalized spacial score (nSPS) is 23.9. The molecule has 4 aromatic rings. The SMILES string of the molecule is Oc1cc(-c2nnc3c(N4C[C@@H]5C[C@H]4CN5)nc(CC45CCCN4CCC5)nc3c2F)c2c(Cl)cccc2c1. The van der Waals surface area contributed by atoms with Gasteiger partial charge in [0.15, 0.2) is 17.2 Å². The van der Waals surface area contributed by atoms with E-state index < -0.39 is 5.82 Å². The zero-order valence-corrected chi connectivity index (χ0v) is 22.3. The molecular weight excluding hydrogens is 517 g/mol. The first-order chi connectivity index (χ1) is 19.0. The molecule has 8 nitrogen and oxygen atoms in total. The maximum Gasteiger partial charge on any atom is 0.179 e. The van der Waals surface area contributed by atoms with Crippen LogP contribution in [0, 0.1) is 5.82 Å². The highest BCUT2D eigenvalue weighted by Gasteiger charge is 2.45. The van der Waals surface area contributed by atoms with E-state index in [-0.39, 0.29) is 22.5 Å². The number of phenols is 1. The average Bonchev–Trinajstić information content (AvgIpc) is 3.70. The lowest BCUT2D eigenvalue weighted by Gasteiger charge is -2.32. The van der Waals surface area contributed by atoms with Crippen LogP contribution in [0.25, 0.3) is 33.1 Å². The van der Waals surface area contributed by atoms with Crippen molar-refractivity contribution in [3.8, 4) is 17.0 Å². The summed E-state index contributed by atoms with van der Waals surface area (Å²) in [5.41, 5.74) is 1.04. The molecule has 2 N–H and O–H groups in total. The number of benzene rings is 2. The lowest BCUT2D eigenvalue weighted by atomic mass is 9.90. The molecule has 0 aliphatic carbocycles. The summed E-state index contributed by atoms with van der Waals surface area (Å²) in [6.45, 7) is 3.91. The highest BCUT2D eigenvalue weighted by atomic mass is 35.5. The summed E-state index contributed by atoms with van der Waals surface area (Å²) in [6.07, 6.45) is 6.35. The quantitative estimate of drug-likeness (QED) is 0.388. The predicted octanol–water partition coefficient (Wildman–Crippen LogP) is 4.46. The summed E-state index contributed by atoms with van der Waals surface area (Å²) < 4.78 is 16.6. The second kappa shape index (κ2) is 8.68. The number of piperazine rings is 1. The van der Waals surface area contributed by atoms with E-state index in [9.17, 15) is 5.11 Å². The molecule has 0 unspecified atom stereocenters. The third-order valence-corrected chi connectivity index (χ3v) is 9.69. The van der Waals surface area contributed by atoms with E-state index in [1.54, 1.807) is 18.2 Å². The minimum atomic E-state index is -0.564. The van der Waals surface area contributed by atoms with E-state index in [1.165, 1.54) is 18.9 Å². The topological polar surface area (TPSA) is 90.3 Å². The largest absolute Gasteiger partial charge is 0.508 e. The summed E-state index contributed by atoms with van der Waals surface area (Å²) in [5.74, 6) is 0.789. The van der Waals surface area contributed by atoms with Crippen molar-refractivity contribution in [3.05, 3.63) is 47.0 Å². The van der Waals surface area contributed by atoms with Crippen LogP contribution >= 0.6 is 11.6 Å². The predicted molar refractivity (Wildman–Crippen MR) is 149 cm³/mol. The van der Waals surface area contributed by atoms with E-state index in [1.807, 2.05) is 6.07 Å². The van der Waals surface area contributed by atoms with Crippen molar-refractivity contribution in [2.45, 2.75) is 56.1 Å². The number of aromatic hydroxyl groups is 1. The van der Waals surface area contributed by atoms with Gasteiger partial charge in [0.25, 0.3) is 0 Å². The Balaban J connectivity index is 1.33. The number of aromatic nitrogens is 4. The number of rotatable bonds is 4. The Hall–Kier alpha value is -3.14. The first kappa shape index (κ1) is 23.7. The molecule has 200 valence electrons. The molecule has 2 atom stereocenters. The van der Waals surface area contributed by atoms with Crippen LogP contribution in [0.4, 0.5) is 10.2 Å². The number of nitrogens with one attached hydrogen (secondary N) is 1. The van der Waals surface area contributed by atoms with Crippen LogP contribution in [0.5, 0.6) is 5.75 Å². The molecule has 4 fully saturated rings. The Kier molecular flexibility index (Phi) is 5.28. The minimum absolute atomic E-state index is 0.00683. The molecule has 2 bridgehead atoms. The Labute approximate surface area is 230 Å².